The van der Waals surface area contributed by atoms with Crippen LogP contribution in [0.5, 0.6) is 5.75 Å². The van der Waals surface area contributed by atoms with Gasteiger partial charge < -0.3 is 15.4 Å². The van der Waals surface area contributed by atoms with Crippen LogP contribution in [-0.2, 0) is 13.1 Å². The first-order valence-corrected chi connectivity index (χ1v) is 8.04. The van der Waals surface area contributed by atoms with E-state index < -0.39 is 0 Å². The molecule has 0 fully saturated rings. The molecular weight excluding hydrogens is 298 g/mol. The van der Waals surface area contributed by atoms with E-state index in [1.165, 1.54) is 11.1 Å². The minimum Gasteiger partial charge on any atom is -0.489 e. The van der Waals surface area contributed by atoms with Crippen molar-refractivity contribution in [2.24, 2.45) is 4.99 Å². The maximum Gasteiger partial charge on any atom is 0.191 e. The molecular formula is C20H25N3O. The zero-order valence-corrected chi connectivity index (χ0v) is 14.4. The Kier molecular flexibility index (Phi) is 6.90. The predicted molar refractivity (Wildman–Crippen MR) is 100 cm³/mol. The highest BCUT2D eigenvalue weighted by Gasteiger charge is 2.04. The van der Waals surface area contributed by atoms with Gasteiger partial charge in [0, 0.05) is 25.7 Å². The summed E-state index contributed by atoms with van der Waals surface area (Å²) in [6.07, 6.45) is 1.74. The summed E-state index contributed by atoms with van der Waals surface area (Å²) in [6.45, 7) is 7.65. The third-order valence-corrected chi connectivity index (χ3v) is 3.54. The van der Waals surface area contributed by atoms with Gasteiger partial charge in [0.2, 0.25) is 0 Å². The molecule has 0 amide bonds. The second-order valence-corrected chi connectivity index (χ2v) is 5.48. The van der Waals surface area contributed by atoms with Gasteiger partial charge in [0.25, 0.3) is 0 Å². The summed E-state index contributed by atoms with van der Waals surface area (Å²) in [5.74, 6) is 1.62. The second kappa shape index (κ2) is 9.40. The van der Waals surface area contributed by atoms with E-state index in [1.54, 1.807) is 13.1 Å². The first-order valence-electron chi connectivity index (χ1n) is 8.04. The van der Waals surface area contributed by atoms with E-state index in [0.29, 0.717) is 13.2 Å². The summed E-state index contributed by atoms with van der Waals surface area (Å²) < 4.78 is 5.68. The van der Waals surface area contributed by atoms with Crippen molar-refractivity contribution in [2.45, 2.75) is 20.0 Å². The van der Waals surface area contributed by atoms with Crippen molar-refractivity contribution in [2.75, 3.05) is 13.7 Å². The quantitative estimate of drug-likeness (QED) is 0.466. The number of hydrogen-bond acceptors (Lipinski definition) is 2. The van der Waals surface area contributed by atoms with Gasteiger partial charge in [-0.15, -0.1) is 0 Å². The van der Waals surface area contributed by atoms with Crippen LogP contribution in [0.2, 0.25) is 0 Å². The Morgan fingerprint density at radius 1 is 1.12 bits per heavy atom. The molecule has 2 rings (SSSR count). The highest BCUT2D eigenvalue weighted by molar-refractivity contribution is 5.79. The van der Waals surface area contributed by atoms with Gasteiger partial charge in [-0.05, 0) is 18.6 Å². The van der Waals surface area contributed by atoms with Gasteiger partial charge >= 0.3 is 0 Å². The lowest BCUT2D eigenvalue weighted by Gasteiger charge is -2.14. The molecule has 0 aliphatic heterocycles. The summed E-state index contributed by atoms with van der Waals surface area (Å²) in [6, 6.07) is 16.4. The molecule has 4 nitrogen and oxygen atoms in total. The van der Waals surface area contributed by atoms with Crippen molar-refractivity contribution in [1.29, 1.82) is 0 Å². The molecule has 2 aromatic rings. The number of nitrogens with one attached hydrogen (secondary N) is 2. The number of hydrogen-bond donors (Lipinski definition) is 2. The molecule has 0 saturated carbocycles. The average molecular weight is 323 g/mol. The second-order valence-electron chi connectivity index (χ2n) is 5.48. The molecule has 2 aromatic carbocycles. The van der Waals surface area contributed by atoms with Crippen LogP contribution in [0.15, 0.2) is 66.2 Å². The molecule has 24 heavy (non-hydrogen) atoms. The lowest BCUT2D eigenvalue weighted by atomic mass is 10.1. The number of aryl methyl sites for hydroxylation is 1. The van der Waals surface area contributed by atoms with E-state index >= 15 is 0 Å². The predicted octanol–water partition coefficient (Wildman–Crippen LogP) is 3.43. The van der Waals surface area contributed by atoms with Crippen LogP contribution in [0.25, 0.3) is 0 Å². The maximum atomic E-state index is 5.68. The van der Waals surface area contributed by atoms with Crippen LogP contribution in [0.3, 0.4) is 0 Å². The zero-order valence-electron chi connectivity index (χ0n) is 14.4. The lowest BCUT2D eigenvalue weighted by molar-refractivity contribution is 0.358. The Bertz CT molecular complexity index is 695. The highest BCUT2D eigenvalue weighted by atomic mass is 16.5. The summed E-state index contributed by atoms with van der Waals surface area (Å²) >= 11 is 0. The Morgan fingerprint density at radius 2 is 1.92 bits per heavy atom. The molecule has 0 bridgehead atoms. The van der Waals surface area contributed by atoms with Crippen LogP contribution >= 0.6 is 0 Å². The maximum absolute atomic E-state index is 5.68. The molecule has 2 N–H and O–H groups in total. The molecule has 4 heteroatoms. The number of ether oxygens (including phenoxy) is 1. The number of guanidine groups is 1. The van der Waals surface area contributed by atoms with E-state index in [0.717, 1.165) is 23.8 Å². The van der Waals surface area contributed by atoms with E-state index in [-0.39, 0.29) is 0 Å². The molecule has 0 radical (unpaired) electrons. The Labute approximate surface area is 144 Å². The molecule has 0 heterocycles. The Hall–Kier alpha value is -2.75. The van der Waals surface area contributed by atoms with Crippen LogP contribution in [0, 0.1) is 6.92 Å². The molecule has 0 unspecified atom stereocenters. The van der Waals surface area contributed by atoms with Gasteiger partial charge in [-0.3, -0.25) is 4.99 Å². The lowest BCUT2D eigenvalue weighted by Crippen LogP contribution is -2.36. The monoisotopic (exact) mass is 323 g/mol. The SMILES string of the molecule is C=CCOc1ccccc1CNC(=NC)NCc1cccc(C)c1. The third-order valence-electron chi connectivity index (χ3n) is 3.54. The first-order chi connectivity index (χ1) is 11.7. The number of para-hydroxylation sites is 1. The van der Waals surface area contributed by atoms with Crippen molar-refractivity contribution in [3.8, 4) is 5.75 Å². The summed E-state index contributed by atoms with van der Waals surface area (Å²) in [5.41, 5.74) is 3.57. The van der Waals surface area contributed by atoms with Crippen LogP contribution in [-0.4, -0.2) is 19.6 Å². The molecule has 0 aliphatic carbocycles. The number of nitrogens with zero attached hydrogens (tertiary/aromatic N) is 1. The molecule has 0 spiro atoms. The zero-order chi connectivity index (χ0) is 17.2. The average Bonchev–Trinajstić information content (AvgIpc) is 2.61. The van der Waals surface area contributed by atoms with Crippen LogP contribution in [0.4, 0.5) is 0 Å². The Morgan fingerprint density at radius 3 is 2.67 bits per heavy atom. The number of aliphatic imine (C=N–C) groups is 1. The van der Waals surface area contributed by atoms with Gasteiger partial charge in [0.1, 0.15) is 12.4 Å². The summed E-state index contributed by atoms with van der Waals surface area (Å²) in [7, 11) is 1.77. The number of rotatable bonds is 7. The minimum absolute atomic E-state index is 0.497. The fourth-order valence-corrected chi connectivity index (χ4v) is 2.35. The van der Waals surface area contributed by atoms with Crippen LogP contribution in [0.1, 0.15) is 16.7 Å². The number of benzene rings is 2. The topological polar surface area (TPSA) is 45.6 Å². The normalized spacial score (nSPS) is 11.0. The molecule has 126 valence electrons. The van der Waals surface area contributed by atoms with E-state index in [9.17, 15) is 0 Å². The van der Waals surface area contributed by atoms with Crippen LogP contribution < -0.4 is 15.4 Å². The van der Waals surface area contributed by atoms with Gasteiger partial charge in [-0.1, -0.05) is 60.7 Å². The largest absolute Gasteiger partial charge is 0.489 e. The van der Waals surface area contributed by atoms with Gasteiger partial charge in [0.15, 0.2) is 5.96 Å². The minimum atomic E-state index is 0.497. The fraction of sp³-hybridized carbons (Fsp3) is 0.250. The van der Waals surface area contributed by atoms with Gasteiger partial charge in [-0.2, -0.15) is 0 Å². The standard InChI is InChI=1S/C20H25N3O/c1-4-12-24-19-11-6-5-10-18(19)15-23-20(21-3)22-14-17-9-7-8-16(2)13-17/h4-11,13H,1,12,14-15H2,2-3H3,(H2,21,22,23). The highest BCUT2D eigenvalue weighted by Crippen LogP contribution is 2.17. The van der Waals surface area contributed by atoms with Crippen molar-refractivity contribution in [3.63, 3.8) is 0 Å². The molecule has 0 saturated heterocycles. The molecule has 0 aliphatic rings. The first kappa shape index (κ1) is 17.6. The van der Waals surface area contributed by atoms with Crippen molar-refractivity contribution in [1.82, 2.24) is 10.6 Å². The molecule has 0 aromatic heterocycles. The van der Waals surface area contributed by atoms with E-state index in [2.05, 4.69) is 53.4 Å². The van der Waals surface area contributed by atoms with Crippen molar-refractivity contribution in [3.05, 3.63) is 77.9 Å². The fourth-order valence-electron chi connectivity index (χ4n) is 2.35. The van der Waals surface area contributed by atoms with Crippen molar-refractivity contribution < 1.29 is 4.74 Å². The van der Waals surface area contributed by atoms with Gasteiger partial charge in [-0.25, -0.2) is 0 Å². The Balaban J connectivity index is 1.91. The van der Waals surface area contributed by atoms with Crippen molar-refractivity contribution >= 4 is 5.96 Å². The summed E-state index contributed by atoms with van der Waals surface area (Å²) in [4.78, 5) is 4.27. The third kappa shape index (κ3) is 5.47. The van der Waals surface area contributed by atoms with E-state index in [1.807, 2.05) is 24.3 Å². The van der Waals surface area contributed by atoms with E-state index in [4.69, 9.17) is 4.74 Å². The molecule has 0 atom stereocenters. The smallest absolute Gasteiger partial charge is 0.191 e. The van der Waals surface area contributed by atoms with Gasteiger partial charge in [0.05, 0.1) is 0 Å². The summed E-state index contributed by atoms with van der Waals surface area (Å²) in [5, 5.41) is 6.65.